The highest BCUT2D eigenvalue weighted by Gasteiger charge is 2.19. The molecule has 2 fully saturated rings. The van der Waals surface area contributed by atoms with Crippen molar-refractivity contribution in [1.29, 1.82) is 0 Å². The summed E-state index contributed by atoms with van der Waals surface area (Å²) < 4.78 is 0. The second-order valence-corrected chi connectivity index (χ2v) is 11.3. The Morgan fingerprint density at radius 2 is 0.833 bits per heavy atom. The molecule has 0 heterocycles. The van der Waals surface area contributed by atoms with E-state index in [1.54, 1.807) is 72.8 Å². The molecule has 0 bridgehead atoms. The first kappa shape index (κ1) is 29.0. The van der Waals surface area contributed by atoms with E-state index < -0.39 is 0 Å². The summed E-state index contributed by atoms with van der Waals surface area (Å²) in [6, 6.07) is 20.5. The molecule has 5 rings (SSSR count). The van der Waals surface area contributed by atoms with Crippen LogP contribution >= 0.6 is 0 Å². The Morgan fingerprint density at radius 3 is 1.21 bits per heavy atom. The minimum Gasteiger partial charge on any atom is -0.349 e. The van der Waals surface area contributed by atoms with Crippen LogP contribution in [0.4, 0.5) is 11.4 Å². The summed E-state index contributed by atoms with van der Waals surface area (Å²) in [6.07, 6.45) is 11.0. The lowest BCUT2D eigenvalue weighted by atomic mass is 9.95. The molecule has 0 spiro atoms. The molecule has 8 nitrogen and oxygen atoms in total. The maximum absolute atomic E-state index is 12.9. The minimum atomic E-state index is -0.344. The number of hydrogen-bond donors (Lipinski definition) is 4. The van der Waals surface area contributed by atoms with Crippen LogP contribution in [0.3, 0.4) is 0 Å². The molecule has 0 radical (unpaired) electrons. The second kappa shape index (κ2) is 13.9. The van der Waals surface area contributed by atoms with E-state index in [-0.39, 0.29) is 35.7 Å². The van der Waals surface area contributed by atoms with Gasteiger partial charge in [0.2, 0.25) is 0 Å². The molecule has 8 heteroatoms. The molecule has 218 valence electrons. The lowest BCUT2D eigenvalue weighted by Crippen LogP contribution is -2.36. The van der Waals surface area contributed by atoms with Gasteiger partial charge in [-0.05, 0) is 86.3 Å². The van der Waals surface area contributed by atoms with Gasteiger partial charge in [-0.15, -0.1) is 0 Å². The third-order valence-electron chi connectivity index (χ3n) is 8.06. The summed E-state index contributed by atoms with van der Waals surface area (Å²) in [5, 5.41) is 11.9. The summed E-state index contributed by atoms with van der Waals surface area (Å²) in [6.45, 7) is 0. The molecule has 0 atom stereocenters. The number of carbonyl (C=O) groups is 4. The van der Waals surface area contributed by atoms with Crippen molar-refractivity contribution in [2.24, 2.45) is 0 Å². The van der Waals surface area contributed by atoms with Gasteiger partial charge >= 0.3 is 0 Å². The van der Waals surface area contributed by atoms with Crippen LogP contribution in [0.1, 0.15) is 106 Å². The van der Waals surface area contributed by atoms with Crippen LogP contribution in [0.15, 0.2) is 72.8 Å². The van der Waals surface area contributed by atoms with Gasteiger partial charge in [0, 0.05) is 45.7 Å². The van der Waals surface area contributed by atoms with Gasteiger partial charge in [-0.1, -0.05) is 50.7 Å². The molecular formula is C34H38N4O4. The lowest BCUT2D eigenvalue weighted by Gasteiger charge is -2.22. The van der Waals surface area contributed by atoms with Gasteiger partial charge in [-0.3, -0.25) is 19.2 Å². The fraction of sp³-hybridized carbons (Fsp3) is 0.353. The fourth-order valence-electron chi connectivity index (χ4n) is 5.69. The summed E-state index contributed by atoms with van der Waals surface area (Å²) in [5.74, 6) is -0.959. The number of carbonyl (C=O) groups excluding carboxylic acids is 4. The molecule has 4 amide bonds. The molecular weight excluding hydrogens is 528 g/mol. The maximum atomic E-state index is 12.9. The Hall–Kier alpha value is -4.46. The first-order chi connectivity index (χ1) is 20.4. The number of anilines is 2. The normalized spacial score (nSPS) is 15.8. The first-order valence-electron chi connectivity index (χ1n) is 15.0. The first-order valence-corrected chi connectivity index (χ1v) is 15.0. The zero-order chi connectivity index (χ0) is 29.3. The largest absolute Gasteiger partial charge is 0.349 e. The van der Waals surface area contributed by atoms with Crippen molar-refractivity contribution in [2.45, 2.75) is 76.3 Å². The third kappa shape index (κ3) is 7.84. The predicted octanol–water partition coefficient (Wildman–Crippen LogP) is 6.32. The molecule has 0 unspecified atom stereocenters. The van der Waals surface area contributed by atoms with Crippen molar-refractivity contribution in [3.63, 3.8) is 0 Å². The topological polar surface area (TPSA) is 116 Å². The van der Waals surface area contributed by atoms with Gasteiger partial charge in [0.1, 0.15) is 0 Å². The zero-order valence-corrected chi connectivity index (χ0v) is 23.8. The molecule has 42 heavy (non-hydrogen) atoms. The quantitative estimate of drug-likeness (QED) is 0.255. The number of nitrogens with one attached hydrogen (secondary N) is 4. The number of benzene rings is 3. The zero-order valence-electron chi connectivity index (χ0n) is 23.8. The summed E-state index contributed by atoms with van der Waals surface area (Å²) in [4.78, 5) is 51.2. The van der Waals surface area contributed by atoms with E-state index in [1.807, 2.05) is 0 Å². The Morgan fingerprint density at radius 1 is 0.452 bits per heavy atom. The van der Waals surface area contributed by atoms with Crippen molar-refractivity contribution in [3.8, 4) is 0 Å². The number of rotatable bonds is 8. The average Bonchev–Trinajstić information content (AvgIpc) is 3.02. The summed E-state index contributed by atoms with van der Waals surface area (Å²) in [7, 11) is 0. The number of amides is 4. The van der Waals surface area contributed by atoms with Gasteiger partial charge in [-0.2, -0.15) is 0 Å². The van der Waals surface area contributed by atoms with E-state index in [2.05, 4.69) is 21.3 Å². The standard InChI is InChI=1S/C34H38N4O4/c39-31(37-29-15-7-9-25(21-29)33(41)35-27-11-3-1-4-12-27)23-17-19-24(20-18-23)32(40)38-30-16-8-10-26(22-30)34(42)36-28-13-5-2-6-14-28/h7-10,15-22,27-28H,1-6,11-14H2,(H,35,41)(H,36,42)(H,37,39)(H,38,40). The maximum Gasteiger partial charge on any atom is 0.255 e. The van der Waals surface area contributed by atoms with Crippen LogP contribution in [0, 0.1) is 0 Å². The van der Waals surface area contributed by atoms with E-state index in [9.17, 15) is 19.2 Å². The lowest BCUT2D eigenvalue weighted by molar-refractivity contribution is 0.0919. The van der Waals surface area contributed by atoms with E-state index in [4.69, 9.17) is 0 Å². The van der Waals surface area contributed by atoms with Crippen LogP contribution in [0.2, 0.25) is 0 Å². The highest BCUT2D eigenvalue weighted by atomic mass is 16.2. The average molecular weight is 567 g/mol. The van der Waals surface area contributed by atoms with Gasteiger partial charge in [-0.25, -0.2) is 0 Å². The van der Waals surface area contributed by atoms with Crippen LogP contribution in [0.25, 0.3) is 0 Å². The molecule has 2 aliphatic carbocycles. The smallest absolute Gasteiger partial charge is 0.255 e. The Bertz CT molecular complexity index is 1310. The molecule has 2 aliphatic rings. The Balaban J connectivity index is 1.15. The van der Waals surface area contributed by atoms with Gasteiger partial charge < -0.3 is 21.3 Å². The third-order valence-corrected chi connectivity index (χ3v) is 8.06. The summed E-state index contributed by atoms with van der Waals surface area (Å²) >= 11 is 0. The molecule has 4 N–H and O–H groups in total. The molecule has 0 saturated heterocycles. The Labute approximate surface area is 246 Å². The van der Waals surface area contributed by atoms with Gasteiger partial charge in [0.05, 0.1) is 0 Å². The van der Waals surface area contributed by atoms with Crippen molar-refractivity contribution in [2.75, 3.05) is 10.6 Å². The fourth-order valence-corrected chi connectivity index (χ4v) is 5.69. The van der Waals surface area contributed by atoms with Crippen molar-refractivity contribution in [1.82, 2.24) is 10.6 Å². The van der Waals surface area contributed by atoms with Crippen molar-refractivity contribution in [3.05, 3.63) is 95.1 Å². The molecule has 3 aromatic carbocycles. The molecule has 0 aromatic heterocycles. The predicted molar refractivity (Wildman–Crippen MR) is 164 cm³/mol. The molecule has 0 aliphatic heterocycles. The van der Waals surface area contributed by atoms with Crippen LogP contribution in [-0.4, -0.2) is 35.7 Å². The van der Waals surface area contributed by atoms with Crippen molar-refractivity contribution < 1.29 is 19.2 Å². The monoisotopic (exact) mass is 566 g/mol. The minimum absolute atomic E-state index is 0.135. The van der Waals surface area contributed by atoms with Crippen molar-refractivity contribution >= 4 is 35.0 Å². The summed E-state index contributed by atoms with van der Waals surface area (Å²) in [5.41, 5.74) is 2.80. The highest BCUT2D eigenvalue weighted by molar-refractivity contribution is 6.08. The van der Waals surface area contributed by atoms with E-state index in [0.717, 1.165) is 51.4 Å². The second-order valence-electron chi connectivity index (χ2n) is 11.3. The van der Waals surface area contributed by atoms with Crippen LogP contribution in [-0.2, 0) is 0 Å². The SMILES string of the molecule is O=C(Nc1cccc(C(=O)NC2CCCCC2)c1)c1ccc(C(=O)Nc2cccc(C(=O)NC3CCCCC3)c2)cc1. The van der Waals surface area contributed by atoms with Gasteiger partial charge in [0.25, 0.3) is 23.6 Å². The molecule has 3 aromatic rings. The van der Waals surface area contributed by atoms with Gasteiger partial charge in [0.15, 0.2) is 0 Å². The van der Waals surface area contributed by atoms with Crippen LogP contribution in [0.5, 0.6) is 0 Å². The molecule has 2 saturated carbocycles. The number of hydrogen-bond acceptors (Lipinski definition) is 4. The Kier molecular flexibility index (Phi) is 9.64. The van der Waals surface area contributed by atoms with Crippen LogP contribution < -0.4 is 21.3 Å². The van der Waals surface area contributed by atoms with E-state index in [1.165, 1.54) is 12.8 Å². The van der Waals surface area contributed by atoms with E-state index in [0.29, 0.717) is 33.6 Å². The highest BCUT2D eigenvalue weighted by Crippen LogP contribution is 2.20. The van der Waals surface area contributed by atoms with E-state index >= 15 is 0 Å².